The fourth-order valence-corrected chi connectivity index (χ4v) is 2.07. The van der Waals surface area contributed by atoms with Gasteiger partial charge in [0.25, 0.3) is 0 Å². The van der Waals surface area contributed by atoms with Crippen molar-refractivity contribution in [3.8, 4) is 0 Å². The van der Waals surface area contributed by atoms with E-state index in [1.165, 1.54) is 6.42 Å². The van der Waals surface area contributed by atoms with Crippen molar-refractivity contribution in [1.82, 2.24) is 4.90 Å². The van der Waals surface area contributed by atoms with Crippen LogP contribution in [-0.2, 0) is 4.74 Å². The molecule has 1 aliphatic rings. The molecule has 0 amide bonds. The highest BCUT2D eigenvalue weighted by Crippen LogP contribution is 2.23. The summed E-state index contributed by atoms with van der Waals surface area (Å²) in [5.74, 6) is 0. The van der Waals surface area contributed by atoms with Crippen LogP contribution in [0.2, 0.25) is 0 Å². The number of alkyl halides is 1. The third-order valence-corrected chi connectivity index (χ3v) is 3.19. The molecule has 1 rings (SSSR count). The molecule has 2 nitrogen and oxygen atoms in total. The molecule has 1 heterocycles. The highest BCUT2D eigenvalue weighted by atomic mass is 127. The van der Waals surface area contributed by atoms with Crippen molar-refractivity contribution in [3.63, 3.8) is 0 Å². The van der Waals surface area contributed by atoms with Crippen molar-refractivity contribution < 1.29 is 4.74 Å². The zero-order valence-corrected chi connectivity index (χ0v) is 9.54. The smallest absolute Gasteiger partial charge is 0.110 e. The maximum absolute atomic E-state index is 5.48. The Morgan fingerprint density at radius 2 is 2.18 bits per heavy atom. The SMILES string of the molecule is CC(C)N(C)[C@H]1CO[C@@H](I)C1. The van der Waals surface area contributed by atoms with Gasteiger partial charge in [-0.3, -0.25) is 4.90 Å². The van der Waals surface area contributed by atoms with Crippen molar-refractivity contribution in [2.24, 2.45) is 0 Å². The summed E-state index contributed by atoms with van der Waals surface area (Å²) >= 11 is 2.36. The summed E-state index contributed by atoms with van der Waals surface area (Å²) in [6, 6.07) is 1.27. The molecule has 1 saturated heterocycles. The first kappa shape index (κ1) is 9.74. The van der Waals surface area contributed by atoms with E-state index >= 15 is 0 Å². The van der Waals surface area contributed by atoms with Gasteiger partial charge in [0.1, 0.15) is 4.11 Å². The number of ether oxygens (including phenoxy) is 1. The number of hydrogen-bond acceptors (Lipinski definition) is 2. The Balaban J connectivity index is 2.36. The second kappa shape index (κ2) is 4.05. The van der Waals surface area contributed by atoms with E-state index in [9.17, 15) is 0 Å². The summed E-state index contributed by atoms with van der Waals surface area (Å²) in [7, 11) is 2.17. The van der Waals surface area contributed by atoms with Gasteiger partial charge in [-0.05, 0) is 20.9 Å². The van der Waals surface area contributed by atoms with E-state index in [1.54, 1.807) is 0 Å². The van der Waals surface area contributed by atoms with E-state index in [-0.39, 0.29) is 0 Å². The molecule has 11 heavy (non-hydrogen) atoms. The summed E-state index contributed by atoms with van der Waals surface area (Å²) in [4.78, 5) is 2.39. The third kappa shape index (κ3) is 2.56. The Bertz CT molecular complexity index is 129. The van der Waals surface area contributed by atoms with Gasteiger partial charge in [0.15, 0.2) is 0 Å². The molecule has 0 unspecified atom stereocenters. The molecule has 0 aliphatic carbocycles. The van der Waals surface area contributed by atoms with Crippen molar-refractivity contribution >= 4 is 22.6 Å². The second-order valence-electron chi connectivity index (χ2n) is 3.39. The third-order valence-electron chi connectivity index (χ3n) is 2.32. The van der Waals surface area contributed by atoms with Gasteiger partial charge < -0.3 is 4.74 Å². The quantitative estimate of drug-likeness (QED) is 0.560. The van der Waals surface area contributed by atoms with Crippen molar-refractivity contribution in [3.05, 3.63) is 0 Å². The first-order chi connectivity index (χ1) is 5.11. The number of likely N-dealkylation sites (N-methyl/N-ethyl adjacent to an activating group) is 1. The van der Waals surface area contributed by atoms with E-state index < -0.39 is 0 Å². The van der Waals surface area contributed by atoms with E-state index in [0.717, 1.165) is 6.61 Å². The van der Waals surface area contributed by atoms with Crippen LogP contribution in [-0.4, -0.2) is 34.7 Å². The summed E-state index contributed by atoms with van der Waals surface area (Å²) in [6.45, 7) is 5.35. The molecule has 3 heteroatoms. The molecule has 0 radical (unpaired) electrons. The molecule has 2 atom stereocenters. The van der Waals surface area contributed by atoms with E-state index in [2.05, 4.69) is 48.4 Å². The normalized spacial score (nSPS) is 32.2. The monoisotopic (exact) mass is 269 g/mol. The number of nitrogens with zero attached hydrogens (tertiary/aromatic N) is 1. The highest BCUT2D eigenvalue weighted by molar-refractivity contribution is 14.1. The number of rotatable bonds is 2. The van der Waals surface area contributed by atoms with Gasteiger partial charge in [-0.2, -0.15) is 0 Å². The summed E-state index contributed by atoms with van der Waals surface area (Å²) in [5.41, 5.74) is 0. The summed E-state index contributed by atoms with van der Waals surface area (Å²) in [5, 5.41) is 0. The van der Waals surface area contributed by atoms with E-state index in [1.807, 2.05) is 0 Å². The first-order valence-electron chi connectivity index (χ1n) is 4.09. The summed E-state index contributed by atoms with van der Waals surface area (Å²) < 4.78 is 5.91. The largest absolute Gasteiger partial charge is 0.366 e. The van der Waals surface area contributed by atoms with Crippen LogP contribution in [0, 0.1) is 0 Å². The molecule has 0 saturated carbocycles. The van der Waals surface area contributed by atoms with Crippen LogP contribution < -0.4 is 0 Å². The molecule has 0 aromatic heterocycles. The zero-order valence-electron chi connectivity index (χ0n) is 7.38. The van der Waals surface area contributed by atoms with Crippen LogP contribution in [0.25, 0.3) is 0 Å². The standard InChI is InChI=1S/C8H16INO/c1-6(2)10(3)7-4-8(9)11-5-7/h6-8H,4-5H2,1-3H3/t7-,8-/m1/s1. The summed E-state index contributed by atoms with van der Waals surface area (Å²) in [6.07, 6.45) is 1.18. The van der Waals surface area contributed by atoms with Crippen LogP contribution in [0.3, 0.4) is 0 Å². The van der Waals surface area contributed by atoms with Crippen molar-refractivity contribution in [2.45, 2.75) is 36.5 Å². The Morgan fingerprint density at radius 1 is 1.55 bits per heavy atom. The minimum absolute atomic E-state index is 0.429. The van der Waals surface area contributed by atoms with Gasteiger partial charge in [0.05, 0.1) is 6.61 Å². The minimum atomic E-state index is 0.429. The topological polar surface area (TPSA) is 12.5 Å². The fourth-order valence-electron chi connectivity index (χ4n) is 1.27. The first-order valence-corrected chi connectivity index (χ1v) is 5.33. The number of halogens is 1. The van der Waals surface area contributed by atoms with Crippen LogP contribution in [0.5, 0.6) is 0 Å². The molecular weight excluding hydrogens is 253 g/mol. The van der Waals surface area contributed by atoms with Crippen LogP contribution in [0.1, 0.15) is 20.3 Å². The molecule has 0 N–H and O–H groups in total. The lowest BCUT2D eigenvalue weighted by Gasteiger charge is -2.26. The number of hydrogen-bond donors (Lipinski definition) is 0. The lowest BCUT2D eigenvalue weighted by atomic mass is 10.2. The fraction of sp³-hybridized carbons (Fsp3) is 1.00. The van der Waals surface area contributed by atoms with Crippen LogP contribution in [0.4, 0.5) is 0 Å². The molecule has 0 bridgehead atoms. The molecule has 1 aliphatic heterocycles. The van der Waals surface area contributed by atoms with Crippen LogP contribution in [0.15, 0.2) is 0 Å². The van der Waals surface area contributed by atoms with Crippen molar-refractivity contribution in [2.75, 3.05) is 13.7 Å². The lowest BCUT2D eigenvalue weighted by Crippen LogP contribution is -2.37. The lowest BCUT2D eigenvalue weighted by molar-refractivity contribution is 0.138. The molecule has 0 aromatic rings. The molecule has 0 spiro atoms. The Kier molecular flexibility index (Phi) is 3.58. The molecular formula is C8H16INO. The van der Waals surface area contributed by atoms with Gasteiger partial charge in [-0.15, -0.1) is 0 Å². The van der Waals surface area contributed by atoms with E-state index in [4.69, 9.17) is 4.74 Å². The molecule has 0 aromatic carbocycles. The van der Waals surface area contributed by atoms with Gasteiger partial charge in [0.2, 0.25) is 0 Å². The predicted octanol–water partition coefficient (Wildman–Crippen LogP) is 1.88. The Morgan fingerprint density at radius 3 is 2.55 bits per heavy atom. The van der Waals surface area contributed by atoms with Crippen molar-refractivity contribution in [1.29, 1.82) is 0 Å². The van der Waals surface area contributed by atoms with Gasteiger partial charge in [-0.1, -0.05) is 22.6 Å². The maximum atomic E-state index is 5.48. The second-order valence-corrected chi connectivity index (χ2v) is 4.78. The van der Waals surface area contributed by atoms with Gasteiger partial charge in [-0.25, -0.2) is 0 Å². The van der Waals surface area contributed by atoms with Gasteiger partial charge in [0, 0.05) is 18.5 Å². The van der Waals surface area contributed by atoms with E-state index in [0.29, 0.717) is 16.2 Å². The zero-order chi connectivity index (χ0) is 8.43. The maximum Gasteiger partial charge on any atom is 0.110 e. The Hall–Kier alpha value is 0.650. The van der Waals surface area contributed by atoms with Crippen LogP contribution >= 0.6 is 22.6 Å². The Labute approximate surface area is 82.4 Å². The molecule has 66 valence electrons. The van der Waals surface area contributed by atoms with Gasteiger partial charge >= 0.3 is 0 Å². The average Bonchev–Trinajstić information content (AvgIpc) is 2.34. The highest BCUT2D eigenvalue weighted by Gasteiger charge is 2.27. The predicted molar refractivity (Wildman–Crippen MR) is 55.1 cm³/mol. The molecule has 1 fully saturated rings. The minimum Gasteiger partial charge on any atom is -0.366 e. The average molecular weight is 269 g/mol.